The molecule has 0 unspecified atom stereocenters. The topological polar surface area (TPSA) is 35.9 Å². The van der Waals surface area contributed by atoms with E-state index in [4.69, 9.17) is 14.2 Å². The van der Waals surface area contributed by atoms with Gasteiger partial charge in [0, 0.05) is 43.3 Å². The van der Waals surface area contributed by atoms with E-state index in [1.807, 2.05) is 18.2 Å². The van der Waals surface area contributed by atoms with E-state index in [0.29, 0.717) is 0 Å². The lowest BCUT2D eigenvalue weighted by Gasteiger charge is -2.26. The molecule has 28 heavy (non-hydrogen) atoms. The second kappa shape index (κ2) is 8.67. The molecule has 4 rings (SSSR count). The maximum absolute atomic E-state index is 5.47. The molecule has 0 radical (unpaired) electrons. The molecule has 1 aromatic heterocycles. The first-order chi connectivity index (χ1) is 13.8. The van der Waals surface area contributed by atoms with Crippen molar-refractivity contribution in [2.45, 2.75) is 13.0 Å². The number of benzene rings is 2. The van der Waals surface area contributed by atoms with Gasteiger partial charge in [-0.15, -0.1) is 0 Å². The van der Waals surface area contributed by atoms with Gasteiger partial charge in [0.2, 0.25) is 0 Å². The Morgan fingerprint density at radius 3 is 2.36 bits per heavy atom. The van der Waals surface area contributed by atoms with Crippen molar-refractivity contribution in [3.63, 3.8) is 0 Å². The number of morpholine rings is 1. The van der Waals surface area contributed by atoms with Crippen LogP contribution in [-0.2, 0) is 17.7 Å². The number of methoxy groups -OCH3 is 2. The van der Waals surface area contributed by atoms with E-state index in [-0.39, 0.29) is 0 Å². The fourth-order valence-electron chi connectivity index (χ4n) is 3.84. The molecule has 0 atom stereocenters. The summed E-state index contributed by atoms with van der Waals surface area (Å²) in [5.74, 6) is 1.79. The van der Waals surface area contributed by atoms with Crippen LogP contribution in [0.4, 0.5) is 0 Å². The van der Waals surface area contributed by atoms with E-state index < -0.39 is 0 Å². The third-order valence-electron chi connectivity index (χ3n) is 5.48. The summed E-state index contributed by atoms with van der Waals surface area (Å²) in [6.45, 7) is 5.62. The summed E-state index contributed by atoms with van der Waals surface area (Å²) >= 11 is 0. The van der Waals surface area contributed by atoms with Crippen molar-refractivity contribution in [3.05, 3.63) is 59.8 Å². The van der Waals surface area contributed by atoms with Crippen LogP contribution in [0.5, 0.6) is 11.5 Å². The van der Waals surface area contributed by atoms with E-state index in [2.05, 4.69) is 39.9 Å². The van der Waals surface area contributed by atoms with Crippen LogP contribution in [0.2, 0.25) is 0 Å². The van der Waals surface area contributed by atoms with Gasteiger partial charge in [0.25, 0.3) is 0 Å². The van der Waals surface area contributed by atoms with Crippen molar-refractivity contribution in [1.82, 2.24) is 9.47 Å². The normalized spacial score (nSPS) is 15.1. The molecule has 0 saturated carbocycles. The second-order valence-corrected chi connectivity index (χ2v) is 7.22. The van der Waals surface area contributed by atoms with Crippen LogP contribution in [0.15, 0.2) is 48.7 Å². The standard InChI is InChI=1S/C23H28N2O3/c1-26-20-5-3-18(4-6-20)16-25-17-19(9-10-24-11-13-28-14-12-24)22-15-21(27-2)7-8-23(22)25/h3-8,15,17H,9-14,16H2,1-2H3. The van der Waals surface area contributed by atoms with Crippen LogP contribution >= 0.6 is 0 Å². The molecule has 0 aliphatic carbocycles. The molecule has 0 bridgehead atoms. The highest BCUT2D eigenvalue weighted by Gasteiger charge is 2.14. The summed E-state index contributed by atoms with van der Waals surface area (Å²) in [5, 5.41) is 1.28. The van der Waals surface area contributed by atoms with E-state index >= 15 is 0 Å². The molecule has 5 heteroatoms. The van der Waals surface area contributed by atoms with Gasteiger partial charge < -0.3 is 18.8 Å². The fraction of sp³-hybridized carbons (Fsp3) is 0.391. The molecule has 1 saturated heterocycles. The summed E-state index contributed by atoms with van der Waals surface area (Å²) in [6.07, 6.45) is 3.33. The summed E-state index contributed by atoms with van der Waals surface area (Å²) in [4.78, 5) is 2.48. The SMILES string of the molecule is COc1ccc(Cn2cc(CCN3CCOCC3)c3cc(OC)ccc32)cc1. The van der Waals surface area contributed by atoms with Crippen molar-refractivity contribution < 1.29 is 14.2 Å². The number of fused-ring (bicyclic) bond motifs is 1. The van der Waals surface area contributed by atoms with Gasteiger partial charge in [0.1, 0.15) is 11.5 Å². The minimum absolute atomic E-state index is 0.838. The van der Waals surface area contributed by atoms with Gasteiger partial charge in [-0.2, -0.15) is 0 Å². The molecule has 3 aromatic rings. The quantitative estimate of drug-likeness (QED) is 0.628. The van der Waals surface area contributed by atoms with Crippen LogP contribution in [0, 0.1) is 0 Å². The van der Waals surface area contributed by atoms with Crippen molar-refractivity contribution in [2.75, 3.05) is 47.1 Å². The molecule has 1 aliphatic rings. The van der Waals surface area contributed by atoms with Crippen molar-refractivity contribution in [3.8, 4) is 11.5 Å². The van der Waals surface area contributed by atoms with Crippen LogP contribution in [0.25, 0.3) is 10.9 Å². The Balaban J connectivity index is 1.60. The predicted molar refractivity (Wildman–Crippen MR) is 112 cm³/mol. The van der Waals surface area contributed by atoms with Gasteiger partial charge >= 0.3 is 0 Å². The Morgan fingerprint density at radius 2 is 1.64 bits per heavy atom. The van der Waals surface area contributed by atoms with Crippen LogP contribution in [-0.4, -0.2) is 56.5 Å². The Kier molecular flexibility index (Phi) is 5.84. The van der Waals surface area contributed by atoms with Gasteiger partial charge in [-0.05, 0) is 47.9 Å². The highest BCUT2D eigenvalue weighted by Crippen LogP contribution is 2.27. The number of ether oxygens (including phenoxy) is 3. The third kappa shape index (κ3) is 4.16. The van der Waals surface area contributed by atoms with Crippen molar-refractivity contribution in [1.29, 1.82) is 0 Å². The molecule has 0 spiro atoms. The minimum Gasteiger partial charge on any atom is -0.497 e. The Hall–Kier alpha value is -2.50. The summed E-state index contributed by atoms with van der Waals surface area (Å²) in [6, 6.07) is 14.7. The number of nitrogens with zero attached hydrogens (tertiary/aromatic N) is 2. The van der Waals surface area contributed by atoms with E-state index in [0.717, 1.165) is 57.3 Å². The zero-order chi connectivity index (χ0) is 19.3. The molecule has 5 nitrogen and oxygen atoms in total. The van der Waals surface area contributed by atoms with Crippen LogP contribution < -0.4 is 9.47 Å². The summed E-state index contributed by atoms with van der Waals surface area (Å²) < 4.78 is 18.6. The van der Waals surface area contributed by atoms with E-state index in [9.17, 15) is 0 Å². The number of rotatable bonds is 7. The first-order valence-electron chi connectivity index (χ1n) is 9.85. The number of hydrogen-bond donors (Lipinski definition) is 0. The fourth-order valence-corrected chi connectivity index (χ4v) is 3.84. The van der Waals surface area contributed by atoms with Crippen LogP contribution in [0.1, 0.15) is 11.1 Å². The Labute approximate surface area is 166 Å². The van der Waals surface area contributed by atoms with Gasteiger partial charge in [0.15, 0.2) is 0 Å². The molecule has 2 aromatic carbocycles. The lowest BCUT2D eigenvalue weighted by molar-refractivity contribution is 0.0385. The highest BCUT2D eigenvalue weighted by atomic mass is 16.5. The van der Waals surface area contributed by atoms with E-state index in [1.165, 1.54) is 22.0 Å². The van der Waals surface area contributed by atoms with Gasteiger partial charge in [-0.1, -0.05) is 12.1 Å². The first kappa shape index (κ1) is 18.8. The summed E-state index contributed by atoms with van der Waals surface area (Å²) in [7, 11) is 3.42. The highest BCUT2D eigenvalue weighted by molar-refractivity contribution is 5.85. The first-order valence-corrected chi connectivity index (χ1v) is 9.85. The lowest BCUT2D eigenvalue weighted by Crippen LogP contribution is -2.37. The maximum atomic E-state index is 5.47. The molecule has 2 heterocycles. The zero-order valence-electron chi connectivity index (χ0n) is 16.7. The molecule has 1 fully saturated rings. The van der Waals surface area contributed by atoms with Crippen LogP contribution in [0.3, 0.4) is 0 Å². The molecule has 0 amide bonds. The molecule has 148 valence electrons. The number of aromatic nitrogens is 1. The average Bonchev–Trinajstić information content (AvgIpc) is 3.10. The molecular weight excluding hydrogens is 352 g/mol. The summed E-state index contributed by atoms with van der Waals surface area (Å²) in [5.41, 5.74) is 3.87. The van der Waals surface area contributed by atoms with Gasteiger partial charge in [-0.25, -0.2) is 0 Å². The largest absolute Gasteiger partial charge is 0.497 e. The lowest BCUT2D eigenvalue weighted by atomic mass is 10.1. The third-order valence-corrected chi connectivity index (χ3v) is 5.48. The maximum Gasteiger partial charge on any atom is 0.119 e. The van der Waals surface area contributed by atoms with E-state index in [1.54, 1.807) is 14.2 Å². The van der Waals surface area contributed by atoms with Crippen molar-refractivity contribution >= 4 is 10.9 Å². The monoisotopic (exact) mass is 380 g/mol. The predicted octanol–water partition coefficient (Wildman–Crippen LogP) is 3.58. The molecular formula is C23H28N2O3. The zero-order valence-corrected chi connectivity index (χ0v) is 16.7. The average molecular weight is 380 g/mol. The molecule has 0 N–H and O–H groups in total. The minimum atomic E-state index is 0.838. The Bertz CT molecular complexity index is 911. The number of hydrogen-bond acceptors (Lipinski definition) is 4. The molecule has 1 aliphatic heterocycles. The van der Waals surface area contributed by atoms with Crippen molar-refractivity contribution in [2.24, 2.45) is 0 Å². The van der Waals surface area contributed by atoms with Gasteiger partial charge in [-0.3, -0.25) is 4.90 Å². The smallest absolute Gasteiger partial charge is 0.119 e. The Morgan fingerprint density at radius 1 is 0.929 bits per heavy atom. The second-order valence-electron chi connectivity index (χ2n) is 7.22. The van der Waals surface area contributed by atoms with Gasteiger partial charge in [0.05, 0.1) is 27.4 Å².